The number of aliphatic hydroxyl groups excluding tert-OH is 1. The summed E-state index contributed by atoms with van der Waals surface area (Å²) in [6, 6.07) is 22.9. The first kappa shape index (κ1) is 56.6. The number of benzene rings is 2. The van der Waals surface area contributed by atoms with Crippen LogP contribution in [-0.4, -0.2) is 163 Å². The third-order valence-corrected chi connectivity index (χ3v) is 20.2. The Hall–Kier alpha value is -6.87. The monoisotopic (exact) mass is 1150 g/mol. The Bertz CT molecular complexity index is 3230. The summed E-state index contributed by atoms with van der Waals surface area (Å²) in [4.78, 5) is 52.5. The molecule has 6 fully saturated rings. The third kappa shape index (κ3) is 11.7. The number of nitrogens with one attached hydrogen (secondary N) is 1. The van der Waals surface area contributed by atoms with Crippen LogP contribution in [0.4, 0.5) is 23.0 Å². The quantitative estimate of drug-likeness (QED) is 0.0677. The highest BCUT2D eigenvalue weighted by molar-refractivity contribution is 7.13. The van der Waals surface area contributed by atoms with Crippen LogP contribution in [-0.2, 0) is 9.59 Å². The number of carbonyl (C=O) groups excluding carboxylic acids is 2. The fourth-order valence-electron chi connectivity index (χ4n) is 14.3. The molecule has 4 aromatic heterocycles. The molecule has 5 aliphatic heterocycles. The molecule has 83 heavy (non-hydrogen) atoms. The molecule has 440 valence electrons. The maximum Gasteiger partial charge on any atom is 0.243 e. The molecule has 19 nitrogen and oxygen atoms in total. The first-order chi connectivity index (χ1) is 40.0. The molecular formula is C63H81N13O6S. The second kappa shape index (κ2) is 23.6. The summed E-state index contributed by atoms with van der Waals surface area (Å²) in [5, 5.41) is 37.6. The van der Waals surface area contributed by atoms with Gasteiger partial charge in [-0.3, -0.25) is 14.5 Å². The predicted molar refractivity (Wildman–Crippen MR) is 323 cm³/mol. The Morgan fingerprint density at radius 2 is 1.60 bits per heavy atom. The van der Waals surface area contributed by atoms with Gasteiger partial charge in [0.15, 0.2) is 17.4 Å². The number of phenolic OH excluding ortho intramolecular Hbond substituents is 1. The lowest BCUT2D eigenvalue weighted by atomic mass is 9.77. The van der Waals surface area contributed by atoms with E-state index >= 15 is 0 Å². The molecule has 1 saturated carbocycles. The lowest BCUT2D eigenvalue weighted by Crippen LogP contribution is -2.59. The third-order valence-electron chi connectivity index (χ3n) is 19.2. The van der Waals surface area contributed by atoms with Crippen LogP contribution in [0.3, 0.4) is 0 Å². The lowest BCUT2D eigenvalue weighted by molar-refractivity contribution is -0.141. The number of aryl methyl sites for hydroxylation is 1. The number of β-amino-alcohol motifs (C(OH)–C–C–N with tert-alkyl or cyclic N) is 1. The van der Waals surface area contributed by atoms with E-state index in [0.29, 0.717) is 52.6 Å². The standard InChI is InChI=1S/C63H81N13O6S/c1-38(2)58(62(80)75-36-48(77)30-53(75)61(79)67-39(3)42-11-13-43(14-12-42)59-40(4)66-37-83-59)55-32-56(70-82-55)72-23-25-74(26-24-72)63(5,6)44-18-21-71(22-19-44)33-41-27-49(28-41)81-57-29-45(17-20-65-57)76-46-15-16-47(76)35-73(34-46)52-31-51(68-69-60(52)64)50-9-7-8-10-54(50)78/h7-14,17,20,29,31-32,37-39,41,44,46-49,53,58,77-78H,15-16,18-19,21-28,30,33-36H2,1-6H3,(H2,64,69)(H,67,79)/t39-,41?,46?,47?,48+,49?,53-,58-/m0/s1. The number of aliphatic hydroxyl groups is 1. The minimum absolute atomic E-state index is 0.0442. The molecule has 20 heteroatoms. The number of anilines is 4. The van der Waals surface area contributed by atoms with Crippen molar-refractivity contribution in [2.24, 2.45) is 17.8 Å². The largest absolute Gasteiger partial charge is 0.507 e. The van der Waals surface area contributed by atoms with E-state index in [2.05, 4.69) is 81.1 Å². The average molecular weight is 1150 g/mol. The van der Waals surface area contributed by atoms with Gasteiger partial charge in [-0.1, -0.05) is 55.4 Å². The van der Waals surface area contributed by atoms with Crippen LogP contribution in [0.15, 0.2) is 89.0 Å². The van der Waals surface area contributed by atoms with Crippen molar-refractivity contribution in [3.63, 3.8) is 0 Å². The number of ether oxygens (including phenoxy) is 1. The molecule has 0 spiro atoms. The summed E-state index contributed by atoms with van der Waals surface area (Å²) in [6.07, 6.45) is 8.05. The summed E-state index contributed by atoms with van der Waals surface area (Å²) in [5.41, 5.74) is 14.6. The van der Waals surface area contributed by atoms with E-state index in [-0.39, 0.29) is 54.1 Å². The number of phenols is 1. The predicted octanol–water partition coefficient (Wildman–Crippen LogP) is 8.15. The van der Waals surface area contributed by atoms with Gasteiger partial charge in [0.2, 0.25) is 17.7 Å². The number of para-hydroxylation sites is 1. The van der Waals surface area contributed by atoms with Crippen molar-refractivity contribution in [1.82, 2.24) is 45.3 Å². The van der Waals surface area contributed by atoms with Gasteiger partial charge in [-0.2, -0.15) is 0 Å². The highest BCUT2D eigenvalue weighted by Gasteiger charge is 2.46. The van der Waals surface area contributed by atoms with Crippen LogP contribution in [0.2, 0.25) is 0 Å². The molecular weight excluding hydrogens is 1070 g/mol. The number of nitrogens with zero attached hydrogens (tertiary/aromatic N) is 11. The first-order valence-electron chi connectivity index (χ1n) is 30.1. The maximum absolute atomic E-state index is 14.5. The molecule has 2 bridgehead atoms. The Balaban J connectivity index is 0.581. The van der Waals surface area contributed by atoms with Crippen molar-refractivity contribution in [3.05, 3.63) is 102 Å². The fourth-order valence-corrected chi connectivity index (χ4v) is 15.2. The number of pyridine rings is 1. The zero-order valence-electron chi connectivity index (χ0n) is 48.8. The van der Waals surface area contributed by atoms with E-state index in [0.717, 1.165) is 123 Å². The van der Waals surface area contributed by atoms with Gasteiger partial charge >= 0.3 is 0 Å². The van der Waals surface area contributed by atoms with Crippen LogP contribution >= 0.6 is 11.3 Å². The van der Waals surface area contributed by atoms with Crippen LogP contribution in [0, 0.1) is 24.7 Å². The Labute approximate surface area is 491 Å². The smallest absolute Gasteiger partial charge is 0.243 e. The number of nitrogens with two attached hydrogens (primary N) is 1. The summed E-state index contributed by atoms with van der Waals surface area (Å²) < 4.78 is 12.5. The number of fused-ring (bicyclic) bond motifs is 2. The summed E-state index contributed by atoms with van der Waals surface area (Å²) in [6.45, 7) is 21.2. The number of carbonyl (C=O) groups is 2. The maximum atomic E-state index is 14.5. The first-order valence-corrected chi connectivity index (χ1v) is 31.0. The summed E-state index contributed by atoms with van der Waals surface area (Å²) in [5.74, 6) is 2.37. The molecule has 9 heterocycles. The Morgan fingerprint density at radius 1 is 0.867 bits per heavy atom. The summed E-state index contributed by atoms with van der Waals surface area (Å²) >= 11 is 1.60. The van der Waals surface area contributed by atoms with Crippen LogP contribution in [0.5, 0.6) is 11.6 Å². The van der Waals surface area contributed by atoms with Crippen molar-refractivity contribution >= 4 is 46.2 Å². The molecule has 6 aliphatic rings. The number of piperidine rings is 1. The van der Waals surface area contributed by atoms with E-state index < -0.39 is 18.1 Å². The molecule has 2 aromatic carbocycles. The van der Waals surface area contributed by atoms with E-state index in [4.69, 9.17) is 15.0 Å². The Morgan fingerprint density at radius 3 is 2.30 bits per heavy atom. The van der Waals surface area contributed by atoms with Crippen molar-refractivity contribution in [2.45, 2.75) is 134 Å². The Kier molecular flexibility index (Phi) is 16.1. The van der Waals surface area contributed by atoms with Gasteiger partial charge in [-0.05, 0) is 132 Å². The van der Waals surface area contributed by atoms with Crippen molar-refractivity contribution in [3.8, 4) is 33.3 Å². The molecule has 1 aliphatic carbocycles. The molecule has 6 aromatic rings. The lowest BCUT2D eigenvalue weighted by Gasteiger charge is -2.50. The molecule has 2 unspecified atom stereocenters. The summed E-state index contributed by atoms with van der Waals surface area (Å²) in [7, 11) is 0. The zero-order valence-corrected chi connectivity index (χ0v) is 49.6. The second-order valence-corrected chi connectivity index (χ2v) is 26.0. The number of nitrogen functional groups attached to an aromatic ring is 1. The molecule has 0 radical (unpaired) electrons. The molecule has 12 rings (SSSR count). The van der Waals surface area contributed by atoms with E-state index in [9.17, 15) is 19.8 Å². The minimum atomic E-state index is -0.805. The van der Waals surface area contributed by atoms with Gasteiger partial charge in [0, 0.05) is 106 Å². The molecule has 2 amide bonds. The normalized spacial score (nSPS) is 24.3. The second-order valence-electron chi connectivity index (χ2n) is 25.2. The highest BCUT2D eigenvalue weighted by atomic mass is 32.1. The van der Waals surface area contributed by atoms with Crippen LogP contribution in [0.25, 0.3) is 21.7 Å². The number of aromatic hydroxyl groups is 1. The molecule has 5 N–H and O–H groups in total. The number of likely N-dealkylation sites (tertiary alicyclic amines) is 2. The van der Waals surface area contributed by atoms with Crippen LogP contribution < -0.4 is 30.5 Å². The van der Waals surface area contributed by atoms with Crippen molar-refractivity contribution < 1.29 is 29.1 Å². The van der Waals surface area contributed by atoms with Crippen molar-refractivity contribution in [2.75, 3.05) is 85.9 Å². The van der Waals surface area contributed by atoms with Gasteiger partial charge in [0.05, 0.1) is 39.6 Å². The topological polar surface area (TPSA) is 219 Å². The highest BCUT2D eigenvalue weighted by Crippen LogP contribution is 2.42. The number of piperazine rings is 2. The zero-order chi connectivity index (χ0) is 57.7. The van der Waals surface area contributed by atoms with Gasteiger partial charge in [0.1, 0.15) is 23.8 Å². The van der Waals surface area contributed by atoms with E-state index in [1.165, 1.54) is 12.8 Å². The van der Waals surface area contributed by atoms with Gasteiger partial charge in [-0.25, -0.2) is 9.97 Å². The number of amides is 2. The number of thiazole rings is 1. The van der Waals surface area contributed by atoms with E-state index in [1.54, 1.807) is 28.4 Å². The SMILES string of the molecule is Cc1ncsc1-c1ccc([C@H](C)NC(=O)[C@@H]2C[C@@H](O)CN2C(=O)[C@H](c2cc(N3CCN(C(C)(C)C4CCN(CC5CC(Oc6cc(N7C8CCC7CN(c7cc(-c9ccccc9O)nnc7N)C8)ccn6)C5)CC4)CC3)no2)C(C)C)cc1. The number of rotatable bonds is 17. The number of aromatic nitrogens is 5. The molecule has 6 atom stereocenters. The average Bonchev–Trinajstić information content (AvgIpc) is 4.49. The van der Waals surface area contributed by atoms with Crippen molar-refractivity contribution in [1.29, 1.82) is 0 Å². The van der Waals surface area contributed by atoms with Crippen LogP contribution in [0.1, 0.15) is 109 Å². The van der Waals surface area contributed by atoms with Gasteiger partial charge < -0.3 is 55.0 Å². The fraction of sp³-hybridized carbons (Fsp3) is 0.540. The van der Waals surface area contributed by atoms with E-state index in [1.807, 2.05) is 87.9 Å². The molecule has 5 saturated heterocycles. The number of hydrogen-bond donors (Lipinski definition) is 4. The minimum Gasteiger partial charge on any atom is -0.507 e. The van der Waals surface area contributed by atoms with Gasteiger partial charge in [-0.15, -0.1) is 21.5 Å². The number of hydrogen-bond acceptors (Lipinski definition) is 18. The van der Waals surface area contributed by atoms with Gasteiger partial charge in [0.25, 0.3) is 0 Å².